The average molecular weight is 403 g/mol. The third-order valence-corrected chi connectivity index (χ3v) is 10.1. The summed E-state index contributed by atoms with van der Waals surface area (Å²) in [6.07, 6.45) is 6.53. The van der Waals surface area contributed by atoms with E-state index in [2.05, 4.69) is 5.92 Å². The van der Waals surface area contributed by atoms with Crippen molar-refractivity contribution < 1.29 is 16.8 Å². The summed E-state index contributed by atoms with van der Waals surface area (Å²) >= 11 is 0. The average Bonchev–Trinajstić information content (AvgIpc) is 2.68. The summed E-state index contributed by atoms with van der Waals surface area (Å²) in [6.45, 7) is 3.44. The van der Waals surface area contributed by atoms with Gasteiger partial charge in [0.1, 0.15) is 0 Å². The summed E-state index contributed by atoms with van der Waals surface area (Å²) in [7, 11) is -8.61. The standard InChI is InChI=1S/C21H22O4S2/c1-4-16-21(17-18(3)5-2,26(22,23)19-12-8-6-9-13-19)27(24,25)20-14-10-7-11-15-20/h1,5-15H,16-17H2,2-3H3/b18-5+. The molecule has 0 aliphatic rings. The quantitative estimate of drug-likeness (QED) is 0.518. The molecular weight excluding hydrogens is 380 g/mol. The first-order chi connectivity index (χ1) is 12.7. The van der Waals surface area contributed by atoms with E-state index in [9.17, 15) is 16.8 Å². The van der Waals surface area contributed by atoms with Crippen LogP contribution in [0.3, 0.4) is 0 Å². The van der Waals surface area contributed by atoms with Crippen molar-refractivity contribution in [2.24, 2.45) is 0 Å². The lowest BCUT2D eigenvalue weighted by Crippen LogP contribution is -2.46. The molecule has 0 heterocycles. The summed E-state index contributed by atoms with van der Waals surface area (Å²) in [4.78, 5) is -0.132. The lowest BCUT2D eigenvalue weighted by atomic mass is 10.1. The number of hydrogen-bond acceptors (Lipinski definition) is 4. The zero-order valence-electron chi connectivity index (χ0n) is 15.3. The fourth-order valence-electron chi connectivity index (χ4n) is 2.90. The predicted molar refractivity (Wildman–Crippen MR) is 107 cm³/mol. The number of terminal acetylenes is 1. The van der Waals surface area contributed by atoms with E-state index in [1.54, 1.807) is 56.3 Å². The zero-order chi connectivity index (χ0) is 20.1. The summed E-state index contributed by atoms with van der Waals surface area (Å²) in [6, 6.07) is 15.2. The molecule has 2 aromatic carbocycles. The van der Waals surface area contributed by atoms with Crippen molar-refractivity contribution in [3.63, 3.8) is 0 Å². The molecule has 0 amide bonds. The fraction of sp³-hybridized carbons (Fsp3) is 0.238. The van der Waals surface area contributed by atoms with Gasteiger partial charge in [-0.2, -0.15) is 0 Å². The maximum Gasteiger partial charge on any atom is 0.200 e. The number of hydrogen-bond donors (Lipinski definition) is 0. The van der Waals surface area contributed by atoms with Crippen LogP contribution in [0, 0.1) is 12.3 Å². The van der Waals surface area contributed by atoms with Crippen LogP contribution in [0.2, 0.25) is 0 Å². The molecule has 0 atom stereocenters. The van der Waals surface area contributed by atoms with Crippen molar-refractivity contribution >= 4 is 19.7 Å². The normalized spacial score (nSPS) is 13.1. The van der Waals surface area contributed by atoms with E-state index in [0.29, 0.717) is 5.57 Å². The van der Waals surface area contributed by atoms with Crippen LogP contribution in [-0.4, -0.2) is 20.9 Å². The molecule has 0 spiro atoms. The van der Waals surface area contributed by atoms with Crippen molar-refractivity contribution in [3.8, 4) is 12.3 Å². The van der Waals surface area contributed by atoms with Crippen LogP contribution in [0.25, 0.3) is 0 Å². The first kappa shape index (κ1) is 20.9. The molecule has 0 aliphatic carbocycles. The smallest absolute Gasteiger partial charge is 0.200 e. The minimum absolute atomic E-state index is 0.0661. The topological polar surface area (TPSA) is 68.3 Å². The van der Waals surface area contributed by atoms with Gasteiger partial charge in [0.25, 0.3) is 0 Å². The van der Waals surface area contributed by atoms with E-state index in [0.717, 1.165) is 0 Å². The van der Waals surface area contributed by atoms with Gasteiger partial charge in [-0.3, -0.25) is 0 Å². The highest BCUT2D eigenvalue weighted by Gasteiger charge is 2.55. The van der Waals surface area contributed by atoms with Crippen molar-refractivity contribution in [2.45, 2.75) is 40.6 Å². The SMILES string of the molecule is C#CCC(C/C(C)=C/C)(S(=O)(=O)c1ccccc1)S(=O)(=O)c1ccccc1. The Morgan fingerprint density at radius 3 is 1.67 bits per heavy atom. The van der Waals surface area contributed by atoms with E-state index in [1.165, 1.54) is 24.3 Å². The van der Waals surface area contributed by atoms with Crippen LogP contribution in [-0.2, 0) is 19.7 Å². The molecule has 0 bridgehead atoms. The first-order valence-electron chi connectivity index (χ1n) is 8.37. The molecule has 6 heteroatoms. The van der Waals surface area contributed by atoms with Gasteiger partial charge in [-0.15, -0.1) is 12.3 Å². The molecule has 0 N–H and O–H groups in total. The second-order valence-corrected chi connectivity index (χ2v) is 11.0. The molecule has 4 nitrogen and oxygen atoms in total. The highest BCUT2D eigenvalue weighted by molar-refractivity contribution is 8.10. The molecule has 2 aromatic rings. The zero-order valence-corrected chi connectivity index (χ0v) is 16.9. The monoisotopic (exact) mass is 402 g/mol. The first-order valence-corrected chi connectivity index (χ1v) is 11.3. The van der Waals surface area contributed by atoms with Gasteiger partial charge in [-0.1, -0.05) is 48.0 Å². The van der Waals surface area contributed by atoms with Gasteiger partial charge in [0, 0.05) is 12.8 Å². The van der Waals surface area contributed by atoms with Gasteiger partial charge in [-0.05, 0) is 38.1 Å². The van der Waals surface area contributed by atoms with Gasteiger partial charge >= 0.3 is 0 Å². The molecule has 0 aromatic heterocycles. The van der Waals surface area contributed by atoms with E-state index < -0.39 is 30.2 Å². The number of sulfone groups is 2. The largest absolute Gasteiger partial charge is 0.222 e. The van der Waals surface area contributed by atoms with Crippen LogP contribution < -0.4 is 0 Å². The Morgan fingerprint density at radius 1 is 0.926 bits per heavy atom. The molecular formula is C21H22O4S2. The van der Waals surface area contributed by atoms with E-state index in [-0.39, 0.29) is 16.2 Å². The molecule has 0 saturated heterocycles. The Bertz CT molecular complexity index is 991. The lowest BCUT2D eigenvalue weighted by molar-refractivity contribution is 0.535. The second kappa shape index (κ2) is 8.12. The lowest BCUT2D eigenvalue weighted by Gasteiger charge is -2.32. The maximum absolute atomic E-state index is 13.6. The Hall–Kier alpha value is -2.36. The van der Waals surface area contributed by atoms with Gasteiger partial charge in [-0.25, -0.2) is 16.8 Å². The van der Waals surface area contributed by atoms with Crippen LogP contribution in [0.1, 0.15) is 26.7 Å². The van der Waals surface area contributed by atoms with Crippen LogP contribution in [0.15, 0.2) is 82.1 Å². The number of allylic oxidation sites excluding steroid dienone is 2. The Labute approximate surface area is 161 Å². The minimum atomic E-state index is -4.31. The Balaban J connectivity index is 2.89. The van der Waals surface area contributed by atoms with Gasteiger partial charge in [0.15, 0.2) is 23.8 Å². The third kappa shape index (κ3) is 3.71. The molecule has 0 unspecified atom stereocenters. The molecule has 142 valence electrons. The van der Waals surface area contributed by atoms with Gasteiger partial charge < -0.3 is 0 Å². The van der Waals surface area contributed by atoms with Crippen LogP contribution in [0.4, 0.5) is 0 Å². The Kier molecular flexibility index (Phi) is 6.30. The molecule has 0 saturated carbocycles. The number of benzene rings is 2. The van der Waals surface area contributed by atoms with E-state index in [4.69, 9.17) is 6.42 Å². The summed E-state index contributed by atoms with van der Waals surface area (Å²) < 4.78 is 52.3. The van der Waals surface area contributed by atoms with E-state index in [1.807, 2.05) is 0 Å². The highest BCUT2D eigenvalue weighted by Crippen LogP contribution is 2.42. The van der Waals surface area contributed by atoms with Crippen LogP contribution >= 0.6 is 0 Å². The van der Waals surface area contributed by atoms with Gasteiger partial charge in [0.05, 0.1) is 9.79 Å². The molecule has 0 aliphatic heterocycles. The minimum Gasteiger partial charge on any atom is -0.222 e. The van der Waals surface area contributed by atoms with Crippen molar-refractivity contribution in [1.29, 1.82) is 0 Å². The van der Waals surface area contributed by atoms with Crippen LogP contribution in [0.5, 0.6) is 0 Å². The number of rotatable bonds is 7. The van der Waals surface area contributed by atoms with Crippen molar-refractivity contribution in [1.82, 2.24) is 0 Å². The molecule has 2 rings (SSSR count). The van der Waals surface area contributed by atoms with Gasteiger partial charge in [0.2, 0.25) is 0 Å². The Morgan fingerprint density at radius 2 is 1.33 bits per heavy atom. The molecule has 27 heavy (non-hydrogen) atoms. The fourth-order valence-corrected chi connectivity index (χ4v) is 7.90. The second-order valence-electron chi connectivity index (χ2n) is 6.24. The summed E-state index contributed by atoms with van der Waals surface area (Å²) in [5.74, 6) is 2.30. The molecule has 0 fully saturated rings. The van der Waals surface area contributed by atoms with Crippen molar-refractivity contribution in [3.05, 3.63) is 72.3 Å². The highest BCUT2D eigenvalue weighted by atomic mass is 32.3. The van der Waals surface area contributed by atoms with E-state index >= 15 is 0 Å². The van der Waals surface area contributed by atoms with Crippen molar-refractivity contribution in [2.75, 3.05) is 0 Å². The maximum atomic E-state index is 13.6. The third-order valence-electron chi connectivity index (χ3n) is 4.50. The molecule has 0 radical (unpaired) electrons. The summed E-state index contributed by atoms with van der Waals surface area (Å²) in [5.41, 5.74) is 0.629. The predicted octanol–water partition coefficient (Wildman–Crippen LogP) is 4.01. The summed E-state index contributed by atoms with van der Waals surface area (Å²) in [5, 5.41) is 0.